The highest BCUT2D eigenvalue weighted by Crippen LogP contribution is 2.26. The van der Waals surface area contributed by atoms with Gasteiger partial charge in [-0.2, -0.15) is 0 Å². The molecule has 1 aromatic heterocycles. The number of carbonyl (C=O) groups is 3. The molecule has 1 atom stereocenters. The number of amides is 4. The van der Waals surface area contributed by atoms with Crippen molar-refractivity contribution in [2.75, 3.05) is 6.54 Å². The maximum absolute atomic E-state index is 13.1. The number of carbonyl (C=O) groups excluding carboxylic acids is 3. The molecule has 4 rings (SSSR count). The fourth-order valence-corrected chi connectivity index (χ4v) is 3.60. The average molecular weight is 403 g/mol. The van der Waals surface area contributed by atoms with E-state index in [9.17, 15) is 14.4 Å². The molecule has 0 aliphatic carbocycles. The largest absolute Gasteiger partial charge is 0.349 e. The van der Waals surface area contributed by atoms with Crippen LogP contribution in [-0.4, -0.2) is 33.9 Å². The van der Waals surface area contributed by atoms with Crippen LogP contribution in [0.1, 0.15) is 21.7 Å². The van der Waals surface area contributed by atoms with Gasteiger partial charge in [0.1, 0.15) is 5.82 Å². The minimum atomic E-state index is -1.48. The third-order valence-corrected chi connectivity index (χ3v) is 5.19. The second-order valence-electron chi connectivity index (χ2n) is 7.27. The van der Waals surface area contributed by atoms with E-state index >= 15 is 0 Å². The minimum Gasteiger partial charge on any atom is -0.349 e. The van der Waals surface area contributed by atoms with Gasteiger partial charge in [-0.15, -0.1) is 0 Å². The van der Waals surface area contributed by atoms with E-state index in [0.717, 1.165) is 16.7 Å². The summed E-state index contributed by atoms with van der Waals surface area (Å²) < 4.78 is 1.64. The zero-order valence-electron chi connectivity index (χ0n) is 16.6. The molecule has 3 N–H and O–H groups in total. The molecule has 1 aliphatic heterocycles. The number of benzene rings is 2. The molecule has 1 unspecified atom stereocenters. The summed E-state index contributed by atoms with van der Waals surface area (Å²) in [5.41, 5.74) is 1.81. The van der Waals surface area contributed by atoms with Crippen molar-refractivity contribution in [2.24, 2.45) is 7.05 Å². The molecule has 152 valence electrons. The summed E-state index contributed by atoms with van der Waals surface area (Å²) >= 11 is 0. The van der Waals surface area contributed by atoms with Gasteiger partial charge in [-0.1, -0.05) is 48.0 Å². The molecule has 8 heteroatoms. The predicted octanol–water partition coefficient (Wildman–Crippen LogP) is 1.86. The number of urea groups is 1. The van der Waals surface area contributed by atoms with Gasteiger partial charge in [0.15, 0.2) is 5.54 Å². The van der Waals surface area contributed by atoms with Gasteiger partial charge in [0, 0.05) is 25.0 Å². The van der Waals surface area contributed by atoms with Crippen molar-refractivity contribution in [3.63, 3.8) is 0 Å². The molecular formula is C22H21N5O3. The van der Waals surface area contributed by atoms with Crippen molar-refractivity contribution < 1.29 is 14.4 Å². The molecule has 3 aromatic rings. The monoisotopic (exact) mass is 403 g/mol. The number of nitrogens with zero attached hydrogens (tertiary/aromatic N) is 2. The van der Waals surface area contributed by atoms with E-state index in [2.05, 4.69) is 20.9 Å². The van der Waals surface area contributed by atoms with E-state index in [4.69, 9.17) is 0 Å². The molecule has 0 spiro atoms. The Hall–Kier alpha value is -3.94. The van der Waals surface area contributed by atoms with Crippen LogP contribution in [0.15, 0.2) is 60.9 Å². The van der Waals surface area contributed by atoms with Crippen LogP contribution in [0.5, 0.6) is 0 Å². The van der Waals surface area contributed by atoms with Crippen LogP contribution in [-0.2, 0) is 17.4 Å². The Morgan fingerprint density at radius 2 is 1.87 bits per heavy atom. The van der Waals surface area contributed by atoms with E-state index in [1.165, 1.54) is 6.20 Å². The molecule has 0 saturated carbocycles. The third kappa shape index (κ3) is 3.32. The molecule has 8 nitrogen and oxygen atoms in total. The third-order valence-electron chi connectivity index (χ3n) is 5.19. The first-order chi connectivity index (χ1) is 14.4. The maximum atomic E-state index is 13.1. The van der Waals surface area contributed by atoms with E-state index in [1.54, 1.807) is 29.9 Å². The number of aryl methyl sites for hydroxylation is 2. The molecule has 0 bridgehead atoms. The molecule has 4 amide bonds. The summed E-state index contributed by atoms with van der Waals surface area (Å²) in [6.07, 6.45) is 3.20. The van der Waals surface area contributed by atoms with Crippen molar-refractivity contribution in [3.8, 4) is 11.1 Å². The standard InChI is InChI=1S/C22H21N5O3/c1-14-7-9-15(10-8-14)16-5-3-4-6-17(16)18(28)24-13-22(19-23-11-12-27(19)2)20(29)25-21(30)26-22/h3-12H,13H2,1-2H3,(H,24,28)(H2,25,26,29,30). The Balaban J connectivity index is 1.63. The van der Waals surface area contributed by atoms with Gasteiger partial charge < -0.3 is 15.2 Å². The van der Waals surface area contributed by atoms with Crippen LogP contribution >= 0.6 is 0 Å². The fourth-order valence-electron chi connectivity index (χ4n) is 3.60. The zero-order valence-corrected chi connectivity index (χ0v) is 16.6. The van der Waals surface area contributed by atoms with E-state index in [0.29, 0.717) is 11.4 Å². The van der Waals surface area contributed by atoms with Gasteiger partial charge in [-0.25, -0.2) is 9.78 Å². The molecule has 1 saturated heterocycles. The molecule has 1 fully saturated rings. The number of rotatable bonds is 5. The second-order valence-corrected chi connectivity index (χ2v) is 7.27. The Bertz CT molecular complexity index is 1140. The topological polar surface area (TPSA) is 105 Å². The maximum Gasteiger partial charge on any atom is 0.322 e. The SMILES string of the molecule is Cc1ccc(-c2ccccc2C(=O)NCC2(c3nccn3C)NC(=O)NC2=O)cc1. The summed E-state index contributed by atoms with van der Waals surface area (Å²) in [5, 5.41) is 7.66. The quantitative estimate of drug-likeness (QED) is 0.566. The van der Waals surface area contributed by atoms with Gasteiger partial charge in [0.25, 0.3) is 11.8 Å². The Kier molecular flexibility index (Phi) is 4.83. The number of nitrogens with one attached hydrogen (secondary N) is 3. The van der Waals surface area contributed by atoms with Crippen LogP contribution in [0.4, 0.5) is 4.79 Å². The van der Waals surface area contributed by atoms with E-state index in [1.807, 2.05) is 43.3 Å². The first-order valence-corrected chi connectivity index (χ1v) is 9.46. The van der Waals surface area contributed by atoms with Crippen molar-refractivity contribution in [3.05, 3.63) is 77.9 Å². The van der Waals surface area contributed by atoms with Gasteiger partial charge in [0.05, 0.1) is 6.54 Å². The highest BCUT2D eigenvalue weighted by Gasteiger charge is 2.50. The fraction of sp³-hybridized carbons (Fsp3) is 0.182. The smallest absolute Gasteiger partial charge is 0.322 e. The van der Waals surface area contributed by atoms with Crippen LogP contribution in [0.25, 0.3) is 11.1 Å². The van der Waals surface area contributed by atoms with Crippen molar-refractivity contribution in [1.82, 2.24) is 25.5 Å². The zero-order chi connectivity index (χ0) is 21.3. The van der Waals surface area contributed by atoms with Gasteiger partial charge in [-0.05, 0) is 24.1 Å². The molecule has 30 heavy (non-hydrogen) atoms. The first-order valence-electron chi connectivity index (χ1n) is 9.46. The molecule has 0 radical (unpaired) electrons. The van der Waals surface area contributed by atoms with Crippen molar-refractivity contribution in [2.45, 2.75) is 12.5 Å². The number of hydrogen-bond acceptors (Lipinski definition) is 4. The summed E-state index contributed by atoms with van der Waals surface area (Å²) in [5.74, 6) is -0.583. The molecular weight excluding hydrogens is 382 g/mol. The number of hydrogen-bond donors (Lipinski definition) is 3. The Morgan fingerprint density at radius 1 is 1.13 bits per heavy atom. The van der Waals surface area contributed by atoms with Crippen LogP contribution in [0, 0.1) is 6.92 Å². The summed E-state index contributed by atoms with van der Waals surface area (Å²) in [6.45, 7) is 1.86. The van der Waals surface area contributed by atoms with Crippen LogP contribution in [0.2, 0.25) is 0 Å². The average Bonchev–Trinajstić information content (AvgIpc) is 3.29. The normalized spacial score (nSPS) is 18.1. The van der Waals surface area contributed by atoms with Gasteiger partial charge in [0.2, 0.25) is 0 Å². The van der Waals surface area contributed by atoms with Crippen LogP contribution in [0.3, 0.4) is 0 Å². The lowest BCUT2D eigenvalue weighted by Gasteiger charge is -2.26. The summed E-state index contributed by atoms with van der Waals surface area (Å²) in [6, 6.07) is 14.5. The summed E-state index contributed by atoms with van der Waals surface area (Å²) in [7, 11) is 1.72. The lowest BCUT2D eigenvalue weighted by molar-refractivity contribution is -0.124. The van der Waals surface area contributed by atoms with Crippen molar-refractivity contribution >= 4 is 17.8 Å². The Labute approximate surface area is 173 Å². The van der Waals surface area contributed by atoms with E-state index < -0.39 is 17.5 Å². The molecule has 2 aromatic carbocycles. The predicted molar refractivity (Wildman–Crippen MR) is 111 cm³/mol. The van der Waals surface area contributed by atoms with E-state index in [-0.39, 0.29) is 12.5 Å². The minimum absolute atomic E-state index is 0.142. The molecule has 2 heterocycles. The second kappa shape index (κ2) is 7.47. The number of aromatic nitrogens is 2. The van der Waals surface area contributed by atoms with Crippen molar-refractivity contribution in [1.29, 1.82) is 0 Å². The highest BCUT2D eigenvalue weighted by atomic mass is 16.2. The van der Waals surface area contributed by atoms with Gasteiger partial charge in [-0.3, -0.25) is 14.9 Å². The van der Waals surface area contributed by atoms with Crippen LogP contribution < -0.4 is 16.0 Å². The highest BCUT2D eigenvalue weighted by molar-refractivity contribution is 6.08. The lowest BCUT2D eigenvalue weighted by atomic mass is 9.96. The first kappa shape index (κ1) is 19.4. The summed E-state index contributed by atoms with van der Waals surface area (Å²) in [4.78, 5) is 41.8. The van der Waals surface area contributed by atoms with Gasteiger partial charge >= 0.3 is 6.03 Å². The lowest BCUT2D eigenvalue weighted by Crippen LogP contribution is -2.54. The number of imidazole rings is 1. The Morgan fingerprint density at radius 3 is 2.50 bits per heavy atom. The molecule has 1 aliphatic rings. The number of imide groups is 1.